The van der Waals surface area contributed by atoms with Crippen LogP contribution in [0.5, 0.6) is 11.5 Å². The lowest BCUT2D eigenvalue weighted by Crippen LogP contribution is -2.24. The highest BCUT2D eigenvalue weighted by Gasteiger charge is 2.13. The molecule has 1 unspecified atom stereocenters. The van der Waals surface area contributed by atoms with Crippen molar-refractivity contribution in [1.82, 2.24) is 5.32 Å². The van der Waals surface area contributed by atoms with E-state index in [4.69, 9.17) is 32.7 Å². The molecule has 0 aliphatic rings. The monoisotopic (exact) mass is 367 g/mol. The second-order valence-corrected chi connectivity index (χ2v) is 6.44. The summed E-state index contributed by atoms with van der Waals surface area (Å²) in [5, 5.41) is 4.66. The number of benzene rings is 2. The molecule has 0 aliphatic carbocycles. The van der Waals surface area contributed by atoms with Gasteiger partial charge in [-0.05, 0) is 31.5 Å². The first-order valence-electron chi connectivity index (χ1n) is 8.01. The van der Waals surface area contributed by atoms with Gasteiger partial charge in [0.25, 0.3) is 0 Å². The molecule has 0 aromatic heterocycles. The third-order valence-corrected chi connectivity index (χ3v) is 4.66. The van der Waals surface area contributed by atoms with Gasteiger partial charge in [0.2, 0.25) is 0 Å². The topological polar surface area (TPSA) is 30.5 Å². The van der Waals surface area contributed by atoms with Crippen LogP contribution in [0.3, 0.4) is 0 Å². The van der Waals surface area contributed by atoms with Crippen LogP contribution in [0.25, 0.3) is 0 Å². The fraction of sp³-hybridized carbons (Fsp3) is 0.368. The first-order chi connectivity index (χ1) is 11.6. The molecule has 3 nitrogen and oxygen atoms in total. The van der Waals surface area contributed by atoms with Gasteiger partial charge in [-0.3, -0.25) is 0 Å². The van der Waals surface area contributed by atoms with Crippen molar-refractivity contribution >= 4 is 23.2 Å². The Morgan fingerprint density at radius 3 is 2.38 bits per heavy atom. The molecule has 0 spiro atoms. The van der Waals surface area contributed by atoms with Gasteiger partial charge in [0.15, 0.2) is 11.5 Å². The molecule has 0 saturated heterocycles. The standard InChI is InChI=1S/C19H23Cl2NO2/c1-4-13(2)22-11-14-7-5-10-18(23-3)19(14)24-12-15-16(20)8-6-9-17(15)21/h5-10,13,22H,4,11-12H2,1-3H3. The lowest BCUT2D eigenvalue weighted by molar-refractivity contribution is 0.280. The first-order valence-corrected chi connectivity index (χ1v) is 8.77. The molecule has 0 bridgehead atoms. The van der Waals surface area contributed by atoms with E-state index in [1.54, 1.807) is 19.2 Å². The normalized spacial score (nSPS) is 12.0. The Hall–Kier alpha value is -1.42. The number of rotatable bonds is 8. The number of hydrogen-bond donors (Lipinski definition) is 1. The molecule has 0 amide bonds. The smallest absolute Gasteiger partial charge is 0.166 e. The lowest BCUT2D eigenvalue weighted by atomic mass is 10.1. The molecule has 1 atom stereocenters. The number of nitrogens with one attached hydrogen (secondary N) is 1. The molecule has 0 saturated carbocycles. The van der Waals surface area contributed by atoms with Gasteiger partial charge in [-0.25, -0.2) is 0 Å². The van der Waals surface area contributed by atoms with E-state index in [9.17, 15) is 0 Å². The Morgan fingerprint density at radius 2 is 1.75 bits per heavy atom. The minimum Gasteiger partial charge on any atom is -0.493 e. The molecular weight excluding hydrogens is 345 g/mol. The van der Waals surface area contributed by atoms with Crippen molar-refractivity contribution in [2.24, 2.45) is 0 Å². The summed E-state index contributed by atoms with van der Waals surface area (Å²) in [6.45, 7) is 5.30. The maximum atomic E-state index is 6.22. The van der Waals surface area contributed by atoms with Crippen molar-refractivity contribution in [2.75, 3.05) is 7.11 Å². The van der Waals surface area contributed by atoms with Crippen LogP contribution in [0.2, 0.25) is 10.0 Å². The molecule has 2 aromatic carbocycles. The van der Waals surface area contributed by atoms with Crippen molar-refractivity contribution in [3.63, 3.8) is 0 Å². The summed E-state index contributed by atoms with van der Waals surface area (Å²) in [5.74, 6) is 1.41. The Balaban J connectivity index is 2.21. The van der Waals surface area contributed by atoms with Crippen molar-refractivity contribution in [1.29, 1.82) is 0 Å². The molecule has 0 fully saturated rings. The van der Waals surface area contributed by atoms with Crippen LogP contribution in [0, 0.1) is 0 Å². The lowest BCUT2D eigenvalue weighted by Gasteiger charge is -2.18. The fourth-order valence-electron chi connectivity index (χ4n) is 2.27. The third-order valence-electron chi connectivity index (χ3n) is 3.96. The van der Waals surface area contributed by atoms with Crippen molar-refractivity contribution < 1.29 is 9.47 Å². The molecule has 130 valence electrons. The van der Waals surface area contributed by atoms with Gasteiger partial charge < -0.3 is 14.8 Å². The number of halogens is 2. The molecule has 1 N–H and O–H groups in total. The van der Waals surface area contributed by atoms with Crippen LogP contribution in [0.4, 0.5) is 0 Å². The van der Waals surface area contributed by atoms with Gasteiger partial charge in [0.05, 0.1) is 7.11 Å². The summed E-state index contributed by atoms with van der Waals surface area (Å²) >= 11 is 12.4. The van der Waals surface area contributed by atoms with Gasteiger partial charge in [0.1, 0.15) is 6.61 Å². The van der Waals surface area contributed by atoms with E-state index < -0.39 is 0 Å². The van der Waals surface area contributed by atoms with Crippen LogP contribution >= 0.6 is 23.2 Å². The summed E-state index contributed by atoms with van der Waals surface area (Å²) in [7, 11) is 1.64. The van der Waals surface area contributed by atoms with E-state index in [0.29, 0.717) is 34.1 Å². The van der Waals surface area contributed by atoms with Crippen molar-refractivity contribution in [2.45, 2.75) is 39.5 Å². The molecule has 0 aliphatic heterocycles. The van der Waals surface area contributed by atoms with E-state index >= 15 is 0 Å². The maximum Gasteiger partial charge on any atom is 0.166 e. The Labute approximate surface area is 153 Å². The van der Waals surface area contributed by atoms with Gasteiger partial charge in [0, 0.05) is 33.8 Å². The molecule has 24 heavy (non-hydrogen) atoms. The average molecular weight is 368 g/mol. The summed E-state index contributed by atoms with van der Waals surface area (Å²) in [4.78, 5) is 0. The highest BCUT2D eigenvalue weighted by atomic mass is 35.5. The SMILES string of the molecule is CCC(C)NCc1cccc(OC)c1OCc1c(Cl)cccc1Cl. The minimum atomic E-state index is 0.287. The zero-order chi connectivity index (χ0) is 17.5. The van der Waals surface area contributed by atoms with Gasteiger partial charge in [-0.15, -0.1) is 0 Å². The average Bonchev–Trinajstić information content (AvgIpc) is 2.59. The van der Waals surface area contributed by atoms with Crippen LogP contribution in [0.15, 0.2) is 36.4 Å². The minimum absolute atomic E-state index is 0.287. The van der Waals surface area contributed by atoms with Gasteiger partial charge >= 0.3 is 0 Å². The molecule has 0 radical (unpaired) electrons. The number of methoxy groups -OCH3 is 1. The van der Waals surface area contributed by atoms with Crippen molar-refractivity contribution in [3.8, 4) is 11.5 Å². The van der Waals surface area contributed by atoms with Crippen LogP contribution in [0.1, 0.15) is 31.4 Å². The molecule has 5 heteroatoms. The van der Waals surface area contributed by atoms with Crippen LogP contribution < -0.4 is 14.8 Å². The Kier molecular flexibility index (Phi) is 7.22. The zero-order valence-corrected chi connectivity index (χ0v) is 15.7. The molecular formula is C19H23Cl2NO2. The highest BCUT2D eigenvalue weighted by Crippen LogP contribution is 2.33. The summed E-state index contributed by atoms with van der Waals surface area (Å²) in [6, 6.07) is 11.7. The summed E-state index contributed by atoms with van der Waals surface area (Å²) < 4.78 is 11.5. The second kappa shape index (κ2) is 9.16. The number of ether oxygens (including phenoxy) is 2. The third kappa shape index (κ3) is 4.79. The molecule has 2 aromatic rings. The maximum absolute atomic E-state index is 6.22. The van der Waals surface area contributed by atoms with Crippen molar-refractivity contribution in [3.05, 3.63) is 57.6 Å². The first kappa shape index (κ1) is 18.9. The van der Waals surface area contributed by atoms with E-state index in [1.807, 2.05) is 24.3 Å². The van der Waals surface area contributed by atoms with Gasteiger partial charge in [-0.1, -0.05) is 48.3 Å². The Bertz CT molecular complexity index is 656. The van der Waals surface area contributed by atoms with Gasteiger partial charge in [-0.2, -0.15) is 0 Å². The quantitative estimate of drug-likeness (QED) is 0.670. The molecule has 0 heterocycles. The number of hydrogen-bond acceptors (Lipinski definition) is 3. The van der Waals surface area contributed by atoms with Crippen LogP contribution in [-0.2, 0) is 13.2 Å². The van der Waals surface area contributed by atoms with E-state index in [1.165, 1.54) is 0 Å². The number of para-hydroxylation sites is 1. The fourth-order valence-corrected chi connectivity index (χ4v) is 2.77. The highest BCUT2D eigenvalue weighted by molar-refractivity contribution is 6.35. The van der Waals surface area contributed by atoms with E-state index in [2.05, 4.69) is 19.2 Å². The Morgan fingerprint density at radius 1 is 1.08 bits per heavy atom. The van der Waals surface area contributed by atoms with E-state index in [0.717, 1.165) is 17.5 Å². The zero-order valence-electron chi connectivity index (χ0n) is 14.2. The van der Waals surface area contributed by atoms with Crippen LogP contribution in [-0.4, -0.2) is 13.2 Å². The van der Waals surface area contributed by atoms with E-state index in [-0.39, 0.29) is 6.61 Å². The predicted molar refractivity (Wildman–Crippen MR) is 100 cm³/mol. The molecule has 2 rings (SSSR count). The summed E-state index contributed by atoms with van der Waals surface area (Å²) in [6.07, 6.45) is 1.06. The largest absolute Gasteiger partial charge is 0.493 e. The predicted octanol–water partition coefficient (Wildman–Crippen LogP) is 5.47. The summed E-state index contributed by atoms with van der Waals surface area (Å²) in [5.41, 5.74) is 1.81. The second-order valence-electron chi connectivity index (χ2n) is 5.63.